The van der Waals surface area contributed by atoms with E-state index in [1.807, 2.05) is 40.7 Å². The van der Waals surface area contributed by atoms with Crippen LogP contribution < -0.4 is 0 Å². The average molecular weight is 218 g/mol. The monoisotopic (exact) mass is 218 g/mol. The van der Waals surface area contributed by atoms with Gasteiger partial charge in [0.15, 0.2) is 0 Å². The van der Waals surface area contributed by atoms with Crippen molar-refractivity contribution in [1.82, 2.24) is 0 Å². The fraction of sp³-hybridized carbons (Fsp3) is 0.800. The average Bonchev–Trinajstić information content (AvgIpc) is 2.22. The Kier molecular flexibility index (Phi) is 3.13. The molecule has 0 bridgehead atoms. The zero-order valence-corrected chi connectivity index (χ0v) is 10.4. The molecule has 1 rings (SSSR count). The number of ether oxygens (including phenoxy) is 1. The fourth-order valence-electron chi connectivity index (χ4n) is 1.83. The Balaban J connectivity index is 2.93. The number of rotatable bonds is 3. The van der Waals surface area contributed by atoms with Crippen LogP contribution in [0.2, 0.25) is 0 Å². The minimum absolute atomic E-state index is 0.337. The summed E-state index contributed by atoms with van der Waals surface area (Å²) in [6.45, 7) is 9.97. The smallest absolute Gasteiger partial charge is 0.284 e. The first-order valence-corrected chi connectivity index (χ1v) is 6.63. The summed E-state index contributed by atoms with van der Waals surface area (Å²) in [5, 5.41) is -0.411. The largest absolute Gasteiger partial charge is 0.446 e. The molecule has 1 aliphatic rings. The maximum Gasteiger partial charge on any atom is 0.284 e. The van der Waals surface area contributed by atoms with Gasteiger partial charge in [-0.1, -0.05) is 0 Å². The molecular formula is C10H19O3P. The fourth-order valence-corrected chi connectivity index (χ4v) is 4.34. The number of allylic oxidation sites excluding steroid dienone is 2. The lowest BCUT2D eigenvalue weighted by Crippen LogP contribution is -2.22. The van der Waals surface area contributed by atoms with Crippen LogP contribution in [0.15, 0.2) is 11.8 Å². The molecule has 82 valence electrons. The minimum Gasteiger partial charge on any atom is -0.446 e. The van der Waals surface area contributed by atoms with Crippen molar-refractivity contribution in [1.29, 1.82) is 0 Å². The molecule has 0 aromatic carbocycles. The van der Waals surface area contributed by atoms with Crippen LogP contribution in [0.4, 0.5) is 0 Å². The van der Waals surface area contributed by atoms with Gasteiger partial charge in [-0.2, -0.15) is 0 Å². The van der Waals surface area contributed by atoms with Gasteiger partial charge in [-0.25, -0.2) is 0 Å². The second kappa shape index (κ2) is 3.71. The van der Waals surface area contributed by atoms with Gasteiger partial charge in [0.2, 0.25) is 0 Å². The molecule has 0 spiro atoms. The van der Waals surface area contributed by atoms with Crippen molar-refractivity contribution in [3.8, 4) is 0 Å². The summed E-state index contributed by atoms with van der Waals surface area (Å²) in [5.41, 5.74) is 0. The molecule has 0 saturated heterocycles. The predicted molar refractivity (Wildman–Crippen MR) is 57.6 cm³/mol. The highest BCUT2D eigenvalue weighted by Gasteiger charge is 2.50. The van der Waals surface area contributed by atoms with Crippen LogP contribution in [-0.2, 0) is 13.8 Å². The number of hydrogen-bond acceptors (Lipinski definition) is 3. The first-order valence-electron chi connectivity index (χ1n) is 4.94. The summed E-state index contributed by atoms with van der Waals surface area (Å²) in [4.78, 5) is 0. The first kappa shape index (κ1) is 11.8. The van der Waals surface area contributed by atoms with Gasteiger partial charge in [0.05, 0.1) is 10.9 Å². The number of hydrogen-bond donors (Lipinski definition) is 0. The Morgan fingerprint density at radius 2 is 2.21 bits per heavy atom. The van der Waals surface area contributed by atoms with Crippen LogP contribution in [0.25, 0.3) is 0 Å². The highest BCUT2D eigenvalue weighted by Crippen LogP contribution is 2.68. The SMILES string of the molecule is CCOC(C)P1(=O)OC(C)=CC1(C)C. The van der Waals surface area contributed by atoms with E-state index in [-0.39, 0.29) is 5.85 Å². The Hall–Kier alpha value is -0.270. The van der Waals surface area contributed by atoms with Crippen LogP contribution >= 0.6 is 7.37 Å². The molecule has 0 saturated carbocycles. The van der Waals surface area contributed by atoms with Gasteiger partial charge in [-0.3, -0.25) is 4.57 Å². The molecule has 2 atom stereocenters. The normalized spacial score (nSPS) is 32.2. The van der Waals surface area contributed by atoms with Gasteiger partial charge in [-0.05, 0) is 40.7 Å². The van der Waals surface area contributed by atoms with Crippen molar-refractivity contribution in [2.24, 2.45) is 0 Å². The molecule has 0 amide bonds. The topological polar surface area (TPSA) is 35.5 Å². The third-order valence-electron chi connectivity index (χ3n) is 2.53. The van der Waals surface area contributed by atoms with Crippen molar-refractivity contribution in [2.75, 3.05) is 6.61 Å². The van der Waals surface area contributed by atoms with Gasteiger partial charge in [0, 0.05) is 6.61 Å². The van der Waals surface area contributed by atoms with Gasteiger partial charge < -0.3 is 9.26 Å². The van der Waals surface area contributed by atoms with E-state index in [2.05, 4.69) is 0 Å². The summed E-state index contributed by atoms with van der Waals surface area (Å²) in [5.74, 6) is 0.404. The van der Waals surface area contributed by atoms with Crippen molar-refractivity contribution in [2.45, 2.75) is 45.6 Å². The van der Waals surface area contributed by atoms with E-state index >= 15 is 0 Å². The van der Waals surface area contributed by atoms with E-state index in [1.54, 1.807) is 0 Å². The highest BCUT2D eigenvalue weighted by molar-refractivity contribution is 7.61. The van der Waals surface area contributed by atoms with Crippen LogP contribution in [0.5, 0.6) is 0 Å². The quantitative estimate of drug-likeness (QED) is 0.681. The zero-order valence-electron chi connectivity index (χ0n) is 9.53. The van der Waals surface area contributed by atoms with E-state index in [0.717, 1.165) is 5.76 Å². The molecule has 0 fully saturated rings. The molecule has 0 aromatic rings. The Morgan fingerprint density at radius 3 is 2.57 bits per heavy atom. The zero-order chi connectivity index (χ0) is 11.0. The lowest BCUT2D eigenvalue weighted by atomic mass is 10.2. The van der Waals surface area contributed by atoms with Gasteiger partial charge in [-0.15, -0.1) is 0 Å². The van der Waals surface area contributed by atoms with Gasteiger partial charge in [0.25, 0.3) is 7.37 Å². The second-order valence-electron chi connectivity index (χ2n) is 4.15. The summed E-state index contributed by atoms with van der Waals surface area (Å²) in [7, 11) is -2.75. The summed E-state index contributed by atoms with van der Waals surface area (Å²) >= 11 is 0. The van der Waals surface area contributed by atoms with Crippen LogP contribution in [0.3, 0.4) is 0 Å². The lowest BCUT2D eigenvalue weighted by Gasteiger charge is -2.29. The van der Waals surface area contributed by atoms with E-state index in [1.165, 1.54) is 0 Å². The maximum absolute atomic E-state index is 12.6. The van der Waals surface area contributed by atoms with Crippen LogP contribution in [0, 0.1) is 0 Å². The highest BCUT2D eigenvalue weighted by atomic mass is 31.2. The Labute approximate surface area is 85.9 Å². The lowest BCUT2D eigenvalue weighted by molar-refractivity contribution is 0.117. The van der Waals surface area contributed by atoms with Gasteiger partial charge >= 0.3 is 0 Å². The molecule has 1 heterocycles. The van der Waals surface area contributed by atoms with Crippen LogP contribution in [0.1, 0.15) is 34.6 Å². The molecule has 0 N–H and O–H groups in total. The molecule has 0 radical (unpaired) electrons. The molecular weight excluding hydrogens is 199 g/mol. The van der Waals surface area contributed by atoms with Crippen molar-refractivity contribution < 1.29 is 13.8 Å². The summed E-state index contributed by atoms with van der Waals surface area (Å²) in [6, 6.07) is 0. The first-order chi connectivity index (χ1) is 6.33. The van der Waals surface area contributed by atoms with Crippen molar-refractivity contribution in [3.63, 3.8) is 0 Å². The van der Waals surface area contributed by atoms with E-state index in [0.29, 0.717) is 6.61 Å². The molecule has 14 heavy (non-hydrogen) atoms. The molecule has 3 nitrogen and oxygen atoms in total. The molecule has 0 aromatic heterocycles. The standard InChI is InChI=1S/C10H19O3P/c1-6-12-9(3)14(11)10(4,5)7-8(2)13-14/h7,9H,6H2,1-5H3. The predicted octanol–water partition coefficient (Wildman–Crippen LogP) is 3.36. The molecule has 1 aliphatic heterocycles. The van der Waals surface area contributed by atoms with Gasteiger partial charge in [0.1, 0.15) is 5.85 Å². The third-order valence-corrected chi connectivity index (χ3v) is 5.93. The van der Waals surface area contributed by atoms with Crippen molar-refractivity contribution >= 4 is 7.37 Å². The van der Waals surface area contributed by atoms with Crippen LogP contribution in [-0.4, -0.2) is 17.6 Å². The van der Waals surface area contributed by atoms with Crippen molar-refractivity contribution in [3.05, 3.63) is 11.8 Å². The summed E-state index contributed by atoms with van der Waals surface area (Å²) < 4.78 is 23.4. The summed E-state index contributed by atoms with van der Waals surface area (Å²) in [6.07, 6.45) is 1.92. The van der Waals surface area contributed by atoms with E-state index < -0.39 is 12.5 Å². The van der Waals surface area contributed by atoms with E-state index in [9.17, 15) is 4.57 Å². The molecule has 2 unspecified atom stereocenters. The minimum atomic E-state index is -2.75. The van der Waals surface area contributed by atoms with E-state index in [4.69, 9.17) is 9.26 Å². The Bertz CT molecular complexity index is 294. The third kappa shape index (κ3) is 1.76. The molecule has 0 aliphatic carbocycles. The molecule has 4 heteroatoms. The Morgan fingerprint density at radius 1 is 1.64 bits per heavy atom. The maximum atomic E-state index is 12.6. The second-order valence-corrected chi connectivity index (χ2v) is 7.41.